The average molecular weight is 275 g/mol. The van der Waals surface area contributed by atoms with Crippen LogP contribution in [0.15, 0.2) is 18.2 Å². The number of carbonyl (C=O) groups is 1. The minimum Gasteiger partial charge on any atom is -0.386 e. The quantitative estimate of drug-likeness (QED) is 0.898. The predicted molar refractivity (Wildman–Crippen MR) is 76.7 cm³/mol. The van der Waals surface area contributed by atoms with Gasteiger partial charge in [-0.3, -0.25) is 4.79 Å². The Morgan fingerprint density at radius 1 is 1.40 bits per heavy atom. The number of rotatable bonds is 2. The molecular weight excluding hydrogens is 254 g/mol. The third kappa shape index (κ3) is 2.23. The lowest BCUT2D eigenvalue weighted by molar-refractivity contribution is -0.118. The van der Waals surface area contributed by atoms with Crippen molar-refractivity contribution in [2.75, 3.05) is 18.6 Å². The highest BCUT2D eigenvalue weighted by Gasteiger charge is 2.32. The zero-order chi connectivity index (χ0) is 14.3. The van der Waals surface area contributed by atoms with Crippen LogP contribution in [-0.2, 0) is 16.0 Å². The van der Waals surface area contributed by atoms with E-state index < -0.39 is 6.10 Å². The molecule has 1 saturated heterocycles. The molecule has 0 spiro atoms. The molecule has 0 radical (unpaired) electrons. The molecule has 3 rings (SSSR count). The van der Waals surface area contributed by atoms with Gasteiger partial charge in [-0.2, -0.15) is 0 Å². The van der Waals surface area contributed by atoms with Crippen LogP contribution in [0.1, 0.15) is 37.0 Å². The fourth-order valence-corrected chi connectivity index (χ4v) is 3.17. The van der Waals surface area contributed by atoms with Gasteiger partial charge in [0.2, 0.25) is 5.91 Å². The Morgan fingerprint density at radius 2 is 2.20 bits per heavy atom. The number of ether oxygens (including phenoxy) is 1. The van der Waals surface area contributed by atoms with Crippen LogP contribution < -0.4 is 4.90 Å². The monoisotopic (exact) mass is 275 g/mol. The van der Waals surface area contributed by atoms with E-state index in [0.29, 0.717) is 12.3 Å². The van der Waals surface area contributed by atoms with E-state index in [1.54, 1.807) is 11.9 Å². The zero-order valence-corrected chi connectivity index (χ0v) is 12.0. The SMILES string of the molecule is CC1CCOC1C(O)c1ccc2c(c1)CCC(=O)N2C. The normalized spacial score (nSPS) is 27.6. The summed E-state index contributed by atoms with van der Waals surface area (Å²) in [5.41, 5.74) is 2.98. The van der Waals surface area contributed by atoms with E-state index in [-0.39, 0.29) is 12.0 Å². The smallest absolute Gasteiger partial charge is 0.227 e. The lowest BCUT2D eigenvalue weighted by atomic mass is 9.91. The third-order valence-corrected chi connectivity index (χ3v) is 4.54. The molecule has 1 aromatic rings. The first-order valence-corrected chi connectivity index (χ1v) is 7.27. The third-order valence-electron chi connectivity index (χ3n) is 4.54. The second kappa shape index (κ2) is 5.19. The number of aliphatic hydroxyl groups excluding tert-OH is 1. The fraction of sp³-hybridized carbons (Fsp3) is 0.562. The van der Waals surface area contributed by atoms with Gasteiger partial charge in [0.05, 0.1) is 6.10 Å². The van der Waals surface area contributed by atoms with Crippen LogP contribution in [0.3, 0.4) is 0 Å². The van der Waals surface area contributed by atoms with E-state index in [4.69, 9.17) is 4.74 Å². The van der Waals surface area contributed by atoms with Crippen molar-refractivity contribution in [3.63, 3.8) is 0 Å². The number of carbonyl (C=O) groups excluding carboxylic acids is 1. The summed E-state index contributed by atoms with van der Waals surface area (Å²) in [6, 6.07) is 5.87. The summed E-state index contributed by atoms with van der Waals surface area (Å²) in [7, 11) is 1.80. The minimum atomic E-state index is -0.583. The molecule has 1 N–H and O–H groups in total. The van der Waals surface area contributed by atoms with E-state index in [9.17, 15) is 9.90 Å². The van der Waals surface area contributed by atoms with Crippen LogP contribution in [0, 0.1) is 5.92 Å². The number of aryl methyl sites for hydroxylation is 1. The molecule has 4 nitrogen and oxygen atoms in total. The molecule has 1 fully saturated rings. The number of anilines is 1. The maximum atomic E-state index is 11.7. The van der Waals surface area contributed by atoms with Gasteiger partial charge in [0.1, 0.15) is 6.10 Å². The summed E-state index contributed by atoms with van der Waals surface area (Å²) in [5, 5.41) is 10.5. The van der Waals surface area contributed by atoms with Crippen molar-refractivity contribution in [2.45, 2.75) is 38.4 Å². The highest BCUT2D eigenvalue weighted by molar-refractivity contribution is 5.95. The Kier molecular flexibility index (Phi) is 3.52. The first-order chi connectivity index (χ1) is 9.58. The van der Waals surface area contributed by atoms with Crippen LogP contribution in [0.4, 0.5) is 5.69 Å². The molecule has 1 amide bonds. The number of amides is 1. The molecule has 2 heterocycles. The van der Waals surface area contributed by atoms with Crippen molar-refractivity contribution in [3.8, 4) is 0 Å². The van der Waals surface area contributed by atoms with Gasteiger partial charge in [0.15, 0.2) is 0 Å². The highest BCUT2D eigenvalue weighted by atomic mass is 16.5. The first-order valence-electron chi connectivity index (χ1n) is 7.27. The number of benzene rings is 1. The van der Waals surface area contributed by atoms with Crippen molar-refractivity contribution >= 4 is 11.6 Å². The van der Waals surface area contributed by atoms with Crippen LogP contribution in [0.25, 0.3) is 0 Å². The minimum absolute atomic E-state index is 0.115. The Morgan fingerprint density at radius 3 is 2.90 bits per heavy atom. The molecule has 3 unspecified atom stereocenters. The Bertz CT molecular complexity index is 528. The van der Waals surface area contributed by atoms with Gasteiger partial charge in [-0.25, -0.2) is 0 Å². The van der Waals surface area contributed by atoms with Gasteiger partial charge in [-0.05, 0) is 36.0 Å². The summed E-state index contributed by atoms with van der Waals surface area (Å²) in [4.78, 5) is 13.4. The lowest BCUT2D eigenvalue weighted by Crippen LogP contribution is -2.31. The summed E-state index contributed by atoms with van der Waals surface area (Å²) in [5.74, 6) is 0.531. The van der Waals surface area contributed by atoms with Gasteiger partial charge in [0, 0.05) is 25.8 Å². The van der Waals surface area contributed by atoms with Gasteiger partial charge < -0.3 is 14.7 Å². The highest BCUT2D eigenvalue weighted by Crippen LogP contribution is 2.34. The molecular formula is C16H21NO3. The van der Waals surface area contributed by atoms with Crippen molar-refractivity contribution in [2.24, 2.45) is 5.92 Å². The van der Waals surface area contributed by atoms with Crippen LogP contribution >= 0.6 is 0 Å². The molecule has 1 aromatic carbocycles. The van der Waals surface area contributed by atoms with E-state index in [0.717, 1.165) is 36.3 Å². The van der Waals surface area contributed by atoms with Crippen molar-refractivity contribution in [3.05, 3.63) is 29.3 Å². The largest absolute Gasteiger partial charge is 0.386 e. The van der Waals surface area contributed by atoms with Crippen molar-refractivity contribution in [1.82, 2.24) is 0 Å². The number of nitrogens with zero attached hydrogens (tertiary/aromatic N) is 1. The average Bonchev–Trinajstić information content (AvgIpc) is 2.88. The Labute approximate surface area is 119 Å². The van der Waals surface area contributed by atoms with Crippen LogP contribution in [0.2, 0.25) is 0 Å². The zero-order valence-electron chi connectivity index (χ0n) is 12.0. The van der Waals surface area contributed by atoms with Gasteiger partial charge in [-0.15, -0.1) is 0 Å². The fourth-order valence-electron chi connectivity index (χ4n) is 3.17. The van der Waals surface area contributed by atoms with Gasteiger partial charge >= 0.3 is 0 Å². The summed E-state index contributed by atoms with van der Waals surface area (Å²) < 4.78 is 5.65. The number of aliphatic hydroxyl groups is 1. The molecule has 2 aliphatic heterocycles. The molecule has 0 bridgehead atoms. The lowest BCUT2D eigenvalue weighted by Gasteiger charge is -2.28. The summed E-state index contributed by atoms with van der Waals surface area (Å²) in [6.45, 7) is 2.84. The second-order valence-corrected chi connectivity index (χ2v) is 5.89. The predicted octanol–water partition coefficient (Wildman–Crippen LogP) is 2.05. The van der Waals surface area contributed by atoms with Crippen LogP contribution in [-0.4, -0.2) is 30.8 Å². The molecule has 108 valence electrons. The molecule has 0 aromatic heterocycles. The first kappa shape index (κ1) is 13.6. The molecule has 3 atom stereocenters. The second-order valence-electron chi connectivity index (χ2n) is 5.89. The number of hydrogen-bond acceptors (Lipinski definition) is 3. The number of fused-ring (bicyclic) bond motifs is 1. The van der Waals surface area contributed by atoms with E-state index >= 15 is 0 Å². The molecule has 0 aliphatic carbocycles. The topological polar surface area (TPSA) is 49.8 Å². The van der Waals surface area contributed by atoms with E-state index in [1.165, 1.54) is 0 Å². The van der Waals surface area contributed by atoms with Crippen molar-refractivity contribution in [1.29, 1.82) is 0 Å². The van der Waals surface area contributed by atoms with Crippen molar-refractivity contribution < 1.29 is 14.6 Å². The molecule has 20 heavy (non-hydrogen) atoms. The van der Waals surface area contributed by atoms with Gasteiger partial charge in [-0.1, -0.05) is 19.1 Å². The van der Waals surface area contributed by atoms with E-state index in [2.05, 4.69) is 6.92 Å². The van der Waals surface area contributed by atoms with Crippen LogP contribution in [0.5, 0.6) is 0 Å². The molecule has 2 aliphatic rings. The maximum Gasteiger partial charge on any atom is 0.227 e. The number of hydrogen-bond donors (Lipinski definition) is 1. The standard InChI is InChI=1S/C16H21NO3/c1-10-7-8-20-16(10)15(19)12-3-5-13-11(9-12)4-6-14(18)17(13)2/h3,5,9-10,15-16,19H,4,6-8H2,1-2H3. The summed E-state index contributed by atoms with van der Waals surface area (Å²) in [6.07, 6.45) is 1.60. The Hall–Kier alpha value is -1.39. The molecule has 0 saturated carbocycles. The van der Waals surface area contributed by atoms with E-state index in [1.807, 2.05) is 18.2 Å². The maximum absolute atomic E-state index is 11.7. The Balaban J connectivity index is 1.87. The molecule has 4 heteroatoms. The summed E-state index contributed by atoms with van der Waals surface area (Å²) >= 11 is 0. The van der Waals surface area contributed by atoms with Gasteiger partial charge in [0.25, 0.3) is 0 Å².